The normalized spacial score (nSPS) is 17.0. The first kappa shape index (κ1) is 55.1. The molecule has 2 aromatic carbocycles. The third-order valence-electron chi connectivity index (χ3n) is 11.9. The lowest BCUT2D eigenvalue weighted by Gasteiger charge is -2.34. The van der Waals surface area contributed by atoms with Crippen LogP contribution in [0.15, 0.2) is 60.7 Å². The fourth-order valence-corrected chi connectivity index (χ4v) is 8.23. The van der Waals surface area contributed by atoms with Crippen LogP contribution in [-0.2, 0) is 22.7 Å². The second-order valence-corrected chi connectivity index (χ2v) is 18.4. The van der Waals surface area contributed by atoms with E-state index in [1.807, 2.05) is 33.9 Å². The van der Waals surface area contributed by atoms with Crippen molar-refractivity contribution in [2.24, 2.45) is 11.8 Å². The monoisotopic (exact) mass is 918 g/mol. The number of nitrogens with one attached hydrogen (secondary N) is 2. The molecule has 13 nitrogen and oxygen atoms in total. The summed E-state index contributed by atoms with van der Waals surface area (Å²) >= 11 is 0. The number of hydrogen-bond acceptors (Lipinski definition) is 8. The van der Waals surface area contributed by atoms with Crippen LogP contribution in [0, 0.1) is 11.8 Å². The van der Waals surface area contributed by atoms with Gasteiger partial charge in [-0.25, -0.2) is 9.59 Å². The van der Waals surface area contributed by atoms with Gasteiger partial charge in [-0.15, -0.1) is 0 Å². The molecule has 3 saturated heterocycles. The van der Waals surface area contributed by atoms with E-state index in [0.29, 0.717) is 61.1 Å². The summed E-state index contributed by atoms with van der Waals surface area (Å²) in [6.07, 6.45) is 24.3. The van der Waals surface area contributed by atoms with Gasteiger partial charge in [0.25, 0.3) is 0 Å². The number of carbonyl (C=O) groups excluding carboxylic acids is 4. The molecule has 13 heteroatoms. The Balaban J connectivity index is 0.000000297. The van der Waals surface area contributed by atoms with Crippen LogP contribution in [-0.4, -0.2) is 96.7 Å². The molecular formula is C53H83N5O8. The van der Waals surface area contributed by atoms with E-state index in [2.05, 4.69) is 69.6 Å². The average molecular weight is 918 g/mol. The first-order valence-corrected chi connectivity index (χ1v) is 24.7. The van der Waals surface area contributed by atoms with Gasteiger partial charge in [0.1, 0.15) is 0 Å². The van der Waals surface area contributed by atoms with Gasteiger partial charge in [0, 0.05) is 58.7 Å². The Morgan fingerprint density at radius 1 is 0.758 bits per heavy atom. The highest BCUT2D eigenvalue weighted by Gasteiger charge is 2.36. The van der Waals surface area contributed by atoms with Crippen LogP contribution in [0.4, 0.5) is 9.59 Å². The van der Waals surface area contributed by atoms with Crippen molar-refractivity contribution in [1.29, 1.82) is 0 Å². The molecule has 3 heterocycles. The molecule has 3 N–H and O–H groups in total. The number of allylic oxidation sites excluding steroid dienone is 4. The van der Waals surface area contributed by atoms with E-state index in [1.54, 1.807) is 31.4 Å². The molecule has 368 valence electrons. The van der Waals surface area contributed by atoms with E-state index in [1.165, 1.54) is 26.4 Å². The summed E-state index contributed by atoms with van der Waals surface area (Å²) in [4.78, 5) is 53.8. The largest absolute Gasteiger partial charge is 0.504 e. The van der Waals surface area contributed by atoms with E-state index in [4.69, 9.17) is 14.2 Å². The minimum Gasteiger partial charge on any atom is -0.504 e. The van der Waals surface area contributed by atoms with Gasteiger partial charge in [-0.1, -0.05) is 77.5 Å². The predicted molar refractivity (Wildman–Crippen MR) is 264 cm³/mol. The number of hydrogen-bond donors (Lipinski definition) is 3. The quantitative estimate of drug-likeness (QED) is 0.0827. The Bertz CT molecular complexity index is 1830. The summed E-state index contributed by atoms with van der Waals surface area (Å²) in [7, 11) is 4.95. The summed E-state index contributed by atoms with van der Waals surface area (Å²) in [5.74, 6) is 2.69. The van der Waals surface area contributed by atoms with E-state index >= 15 is 0 Å². The number of methoxy groups -OCH3 is 2. The van der Waals surface area contributed by atoms with E-state index in [0.717, 1.165) is 101 Å². The second kappa shape index (κ2) is 30.9. The van der Waals surface area contributed by atoms with Gasteiger partial charge in [-0.05, 0) is 131 Å². The molecule has 0 bridgehead atoms. The highest BCUT2D eigenvalue weighted by molar-refractivity contribution is 5.77. The fraction of sp³-hybridized carbons (Fsp3) is 0.623. The van der Waals surface area contributed by atoms with Crippen molar-refractivity contribution in [3.05, 3.63) is 71.8 Å². The summed E-state index contributed by atoms with van der Waals surface area (Å²) in [5, 5.41) is 15.4. The van der Waals surface area contributed by atoms with Crippen LogP contribution in [0.5, 0.6) is 23.0 Å². The number of carbonyl (C=O) groups is 4. The number of unbranched alkanes of at least 4 members (excludes halogenated alkanes) is 4. The molecule has 0 radical (unpaired) electrons. The number of urea groups is 1. The summed E-state index contributed by atoms with van der Waals surface area (Å²) in [6.45, 7) is 14.3. The van der Waals surface area contributed by atoms with Crippen molar-refractivity contribution in [3.63, 3.8) is 0 Å². The molecule has 3 aliphatic rings. The van der Waals surface area contributed by atoms with E-state index < -0.39 is 0 Å². The van der Waals surface area contributed by atoms with Crippen molar-refractivity contribution >= 4 is 23.9 Å². The number of phenols is 1. The third kappa shape index (κ3) is 20.5. The minimum absolute atomic E-state index is 0.0457. The smallest absolute Gasteiger partial charge is 0.415 e. The van der Waals surface area contributed by atoms with Gasteiger partial charge in [-0.3, -0.25) is 9.59 Å². The zero-order chi connectivity index (χ0) is 48.3. The molecule has 66 heavy (non-hydrogen) atoms. The average Bonchev–Trinajstić information content (AvgIpc) is 3.60. The molecule has 2 aromatic rings. The summed E-state index contributed by atoms with van der Waals surface area (Å²) < 4.78 is 16.2. The molecule has 3 fully saturated rings. The van der Waals surface area contributed by atoms with Gasteiger partial charge in [0.15, 0.2) is 23.0 Å². The van der Waals surface area contributed by atoms with Crippen molar-refractivity contribution in [2.45, 2.75) is 163 Å². The number of fused-ring (bicyclic) bond motifs is 1. The molecule has 0 aliphatic carbocycles. The first-order valence-electron chi connectivity index (χ1n) is 24.7. The second-order valence-electron chi connectivity index (χ2n) is 18.4. The Morgan fingerprint density at radius 3 is 1.88 bits per heavy atom. The number of nitrogens with zero attached hydrogens (tertiary/aromatic N) is 3. The molecule has 0 saturated carbocycles. The predicted octanol–water partition coefficient (Wildman–Crippen LogP) is 10.9. The number of likely N-dealkylation sites (tertiary alicyclic amines) is 1. The maximum atomic E-state index is 12.8. The van der Waals surface area contributed by atoms with E-state index in [9.17, 15) is 24.3 Å². The maximum absolute atomic E-state index is 12.8. The van der Waals surface area contributed by atoms with Crippen LogP contribution >= 0.6 is 0 Å². The molecule has 2 unspecified atom stereocenters. The number of amides is 5. The Morgan fingerprint density at radius 2 is 1.32 bits per heavy atom. The topological polar surface area (TPSA) is 150 Å². The number of ether oxygens (including phenoxy) is 3. The molecule has 0 spiro atoms. The van der Waals surface area contributed by atoms with Gasteiger partial charge >= 0.3 is 12.1 Å². The number of benzene rings is 2. The van der Waals surface area contributed by atoms with Crippen LogP contribution in [0.25, 0.3) is 0 Å². The number of phenolic OH excluding ortho intramolecular Hbond substituents is 1. The lowest BCUT2D eigenvalue weighted by molar-refractivity contribution is -0.122. The Hall–Kier alpha value is -5.20. The summed E-state index contributed by atoms with van der Waals surface area (Å²) in [6, 6.07) is 11.5. The lowest BCUT2D eigenvalue weighted by Crippen LogP contribution is -2.45. The highest BCUT2D eigenvalue weighted by atomic mass is 16.6. The fourth-order valence-electron chi connectivity index (χ4n) is 8.23. The van der Waals surface area contributed by atoms with Gasteiger partial charge in [-0.2, -0.15) is 0 Å². The zero-order valence-electron chi connectivity index (χ0n) is 41.6. The standard InChI is InChI=1S/C27H42N2O4.C18H27NO3.C8H14N2O/c1-5-12-23-14-10-11-18-29(23)27(31)33-24-17-16-22(19-25(24)32-4)20-28-26(30)15-9-7-6-8-13-21(2)3;1-14(2)8-6-4-5-7-9-18(21)19-13-15-10-11-16(20)17(12-15)22-3;1-9-6-7-4-2-3-5-10(7)8(9)11/h8,13,16-17,19,21,23H,5-7,9-12,14-15,18,20H2,1-4H3,(H,28,30);6,8,10-12,14,20H,4-5,7,9,13H2,1-3H3,(H,19,21);7H,2-6H2,1H3/b13-8+;8-6+;. The maximum Gasteiger partial charge on any atom is 0.415 e. The van der Waals surface area contributed by atoms with Gasteiger partial charge in [0.05, 0.1) is 20.3 Å². The molecule has 5 rings (SSSR count). The Kier molecular flexibility index (Phi) is 25.8. The SMILES string of the molecule is CCCC1CCCCN1C(=O)Oc1ccc(CNC(=O)CCCC/C=C/C(C)C)cc1OC.CN1CC2CCCCN2C1=O.COc1cc(CNC(=O)CCCC/C=C/C(C)C)ccc1O. The van der Waals surface area contributed by atoms with Gasteiger partial charge < -0.3 is 44.7 Å². The molecular weight excluding hydrogens is 835 g/mol. The van der Waals surface area contributed by atoms with Gasteiger partial charge in [0.2, 0.25) is 11.8 Å². The number of rotatable bonds is 21. The first-order chi connectivity index (χ1) is 31.8. The number of aromatic hydroxyl groups is 1. The van der Waals surface area contributed by atoms with E-state index in [-0.39, 0.29) is 35.7 Å². The van der Waals surface area contributed by atoms with Crippen molar-refractivity contribution in [1.82, 2.24) is 25.3 Å². The van der Waals surface area contributed by atoms with Crippen LogP contribution in [0.1, 0.15) is 148 Å². The van der Waals surface area contributed by atoms with Crippen LogP contribution in [0.2, 0.25) is 0 Å². The molecule has 0 aromatic heterocycles. The zero-order valence-corrected chi connectivity index (χ0v) is 41.6. The third-order valence-corrected chi connectivity index (χ3v) is 11.9. The Labute approximate surface area is 396 Å². The minimum atomic E-state index is -0.309. The lowest BCUT2D eigenvalue weighted by atomic mass is 9.99. The van der Waals surface area contributed by atoms with Crippen molar-refractivity contribution < 1.29 is 38.5 Å². The number of piperidine rings is 2. The molecule has 3 aliphatic heterocycles. The van der Waals surface area contributed by atoms with Crippen LogP contribution in [0.3, 0.4) is 0 Å². The van der Waals surface area contributed by atoms with Crippen molar-refractivity contribution in [2.75, 3.05) is 40.9 Å². The highest BCUT2D eigenvalue weighted by Crippen LogP contribution is 2.31. The van der Waals surface area contributed by atoms with Crippen molar-refractivity contribution in [3.8, 4) is 23.0 Å². The van der Waals surface area contributed by atoms with Crippen LogP contribution < -0.4 is 24.8 Å². The molecule has 2 atom stereocenters. The number of likely N-dealkylation sites (N-methyl/N-ethyl adjacent to an activating group) is 1. The molecule has 5 amide bonds. The summed E-state index contributed by atoms with van der Waals surface area (Å²) in [5.41, 5.74) is 1.81.